The third-order valence-electron chi connectivity index (χ3n) is 2.58. The minimum Gasteiger partial charge on any atom is -0.478 e. The van der Waals surface area contributed by atoms with E-state index in [4.69, 9.17) is 5.11 Å². The number of benzene rings is 1. The molecule has 1 rings (SSSR count). The van der Waals surface area contributed by atoms with Gasteiger partial charge < -0.3 is 15.7 Å². The predicted molar refractivity (Wildman–Crippen MR) is 80.6 cm³/mol. The number of hydrogen-bond acceptors (Lipinski definition) is 4. The van der Waals surface area contributed by atoms with Crippen LogP contribution in [0.25, 0.3) is 0 Å². The van der Waals surface area contributed by atoms with E-state index in [9.17, 15) is 14.4 Å². The molecule has 7 heteroatoms. The van der Waals surface area contributed by atoms with Crippen molar-refractivity contribution in [1.82, 2.24) is 10.6 Å². The van der Waals surface area contributed by atoms with Crippen LogP contribution in [0, 0.1) is 0 Å². The van der Waals surface area contributed by atoms with Crippen LogP contribution in [0.3, 0.4) is 0 Å². The first-order valence-corrected chi connectivity index (χ1v) is 7.40. The van der Waals surface area contributed by atoms with E-state index in [1.54, 1.807) is 19.1 Å². The summed E-state index contributed by atoms with van der Waals surface area (Å²) in [5.74, 6) is -1.00. The van der Waals surface area contributed by atoms with Gasteiger partial charge in [-0.15, -0.1) is 0 Å². The van der Waals surface area contributed by atoms with E-state index in [-0.39, 0.29) is 16.7 Å². The third-order valence-corrected chi connectivity index (χ3v) is 3.42. The summed E-state index contributed by atoms with van der Waals surface area (Å²) >= 11 is 1.00. The van der Waals surface area contributed by atoms with Crippen LogP contribution >= 0.6 is 11.8 Å². The average molecular weight is 310 g/mol. The maximum absolute atomic E-state index is 11.6. The molecule has 0 spiro atoms. The van der Waals surface area contributed by atoms with Gasteiger partial charge in [0.05, 0.1) is 5.56 Å². The number of nitrogens with one attached hydrogen (secondary N) is 2. The molecule has 1 aromatic carbocycles. The normalized spacial score (nSPS) is 9.95. The maximum Gasteiger partial charge on any atom is 0.335 e. The molecule has 0 aromatic heterocycles. The van der Waals surface area contributed by atoms with Crippen LogP contribution in [-0.2, 0) is 4.79 Å². The molecule has 3 N–H and O–H groups in total. The van der Waals surface area contributed by atoms with Crippen LogP contribution in [-0.4, -0.2) is 35.3 Å². The summed E-state index contributed by atoms with van der Waals surface area (Å²) in [4.78, 5) is 34.0. The Morgan fingerprint density at radius 3 is 2.29 bits per heavy atom. The van der Waals surface area contributed by atoms with Crippen LogP contribution in [0.2, 0.25) is 0 Å². The van der Waals surface area contributed by atoms with E-state index in [2.05, 4.69) is 10.6 Å². The van der Waals surface area contributed by atoms with E-state index in [1.807, 2.05) is 0 Å². The Balaban J connectivity index is 2.24. The summed E-state index contributed by atoms with van der Waals surface area (Å²) in [6.45, 7) is 2.79. The van der Waals surface area contributed by atoms with Gasteiger partial charge in [0.15, 0.2) is 0 Å². The number of thioether (sulfide) groups is 1. The lowest BCUT2D eigenvalue weighted by atomic mass is 10.2. The van der Waals surface area contributed by atoms with E-state index in [0.717, 1.165) is 11.8 Å². The molecule has 0 bridgehead atoms. The lowest BCUT2D eigenvalue weighted by molar-refractivity contribution is -0.120. The van der Waals surface area contributed by atoms with Gasteiger partial charge in [-0.2, -0.15) is 0 Å². The fourth-order valence-electron chi connectivity index (χ4n) is 1.44. The molecule has 0 saturated heterocycles. The Bertz CT molecular complexity index is 502. The highest BCUT2D eigenvalue weighted by atomic mass is 32.2. The first kappa shape index (κ1) is 17.0. The molecule has 0 fully saturated rings. The lowest BCUT2D eigenvalue weighted by Gasteiger charge is -2.06. The zero-order valence-corrected chi connectivity index (χ0v) is 12.5. The quantitative estimate of drug-likeness (QED) is 0.529. The number of aromatic carboxylic acids is 1. The molecule has 0 aliphatic carbocycles. The summed E-state index contributed by atoms with van der Waals surface area (Å²) in [7, 11) is 0. The molecule has 21 heavy (non-hydrogen) atoms. The number of amides is 2. The van der Waals surface area contributed by atoms with Gasteiger partial charge in [0.1, 0.15) is 0 Å². The average Bonchev–Trinajstić information content (AvgIpc) is 2.47. The molecule has 1 aromatic rings. The molecule has 6 nitrogen and oxygen atoms in total. The van der Waals surface area contributed by atoms with Gasteiger partial charge in [0.25, 0.3) is 5.24 Å². The maximum atomic E-state index is 11.6. The van der Waals surface area contributed by atoms with Crippen molar-refractivity contribution in [1.29, 1.82) is 0 Å². The smallest absolute Gasteiger partial charge is 0.335 e. The van der Waals surface area contributed by atoms with Crippen molar-refractivity contribution in [3.05, 3.63) is 29.8 Å². The molecule has 0 saturated carbocycles. The predicted octanol–water partition coefficient (Wildman–Crippen LogP) is 2.10. The molecule has 0 aliphatic heterocycles. The summed E-state index contributed by atoms with van der Waals surface area (Å²) < 4.78 is 0. The number of carbonyl (C=O) groups is 3. The zero-order chi connectivity index (χ0) is 15.7. The molecule has 0 heterocycles. The molecule has 0 unspecified atom stereocenters. The third kappa shape index (κ3) is 6.80. The fraction of sp³-hybridized carbons (Fsp3) is 0.357. The van der Waals surface area contributed by atoms with E-state index >= 15 is 0 Å². The van der Waals surface area contributed by atoms with Crippen molar-refractivity contribution < 1.29 is 19.5 Å². The van der Waals surface area contributed by atoms with E-state index < -0.39 is 5.97 Å². The van der Waals surface area contributed by atoms with Crippen LogP contribution in [0.1, 0.15) is 30.1 Å². The van der Waals surface area contributed by atoms with Crippen LogP contribution in [0.4, 0.5) is 4.79 Å². The number of carbonyl (C=O) groups excluding carboxylic acids is 2. The highest BCUT2D eigenvalue weighted by molar-refractivity contribution is 8.13. The van der Waals surface area contributed by atoms with Gasteiger partial charge in [0.2, 0.25) is 5.91 Å². The Labute approximate surface area is 127 Å². The highest BCUT2D eigenvalue weighted by Gasteiger charge is 2.06. The minimum absolute atomic E-state index is 0.00535. The van der Waals surface area contributed by atoms with Crippen LogP contribution in [0.15, 0.2) is 29.2 Å². The molecule has 2 amide bonds. The van der Waals surface area contributed by atoms with Gasteiger partial charge in [-0.25, -0.2) is 4.79 Å². The fourth-order valence-corrected chi connectivity index (χ4v) is 2.10. The topological polar surface area (TPSA) is 95.5 Å². The SMILES string of the molecule is CCC(=O)NCCCNC(=O)Sc1ccc(C(=O)O)cc1. The monoisotopic (exact) mass is 310 g/mol. The molecule has 0 atom stereocenters. The summed E-state index contributed by atoms with van der Waals surface area (Å²) in [5, 5.41) is 14.0. The number of carboxylic acid groups (broad SMARTS) is 1. The number of carboxylic acids is 1. The van der Waals surface area contributed by atoms with Gasteiger partial charge in [-0.1, -0.05) is 6.92 Å². The van der Waals surface area contributed by atoms with Gasteiger partial charge in [-0.05, 0) is 42.4 Å². The molecular formula is C14H18N2O4S. The first-order valence-electron chi connectivity index (χ1n) is 6.58. The molecule has 114 valence electrons. The van der Waals surface area contributed by atoms with Crippen molar-refractivity contribution in [3.8, 4) is 0 Å². The Morgan fingerprint density at radius 1 is 1.10 bits per heavy atom. The van der Waals surface area contributed by atoms with E-state index in [0.29, 0.717) is 30.8 Å². The summed E-state index contributed by atoms with van der Waals surface area (Å²) in [5.41, 5.74) is 0.187. The van der Waals surface area contributed by atoms with Gasteiger partial charge >= 0.3 is 5.97 Å². The first-order chi connectivity index (χ1) is 10.0. The number of rotatable bonds is 7. The molecule has 0 radical (unpaired) electrons. The van der Waals surface area contributed by atoms with Crippen LogP contribution in [0.5, 0.6) is 0 Å². The summed E-state index contributed by atoms with van der Waals surface area (Å²) in [6, 6.07) is 6.10. The Morgan fingerprint density at radius 2 is 1.71 bits per heavy atom. The second-order valence-corrected chi connectivity index (χ2v) is 5.25. The largest absolute Gasteiger partial charge is 0.478 e. The van der Waals surface area contributed by atoms with E-state index in [1.165, 1.54) is 12.1 Å². The lowest BCUT2D eigenvalue weighted by Crippen LogP contribution is -2.27. The Kier molecular flexibility index (Phi) is 7.31. The van der Waals surface area contributed by atoms with Crippen molar-refractivity contribution in [3.63, 3.8) is 0 Å². The minimum atomic E-state index is -0.995. The second-order valence-electron chi connectivity index (χ2n) is 4.20. The van der Waals surface area contributed by atoms with Gasteiger partial charge in [-0.3, -0.25) is 9.59 Å². The summed E-state index contributed by atoms with van der Waals surface area (Å²) in [6.07, 6.45) is 1.12. The van der Waals surface area contributed by atoms with Crippen molar-refractivity contribution in [2.45, 2.75) is 24.7 Å². The zero-order valence-electron chi connectivity index (χ0n) is 11.7. The molecular weight excluding hydrogens is 292 g/mol. The van der Waals surface area contributed by atoms with Crippen LogP contribution < -0.4 is 10.6 Å². The second kappa shape index (κ2) is 9.02. The van der Waals surface area contributed by atoms with Crippen molar-refractivity contribution in [2.24, 2.45) is 0 Å². The number of hydrogen-bond donors (Lipinski definition) is 3. The Hall–Kier alpha value is -2.02. The van der Waals surface area contributed by atoms with Crippen molar-refractivity contribution >= 4 is 28.9 Å². The van der Waals surface area contributed by atoms with Gasteiger partial charge in [0, 0.05) is 24.4 Å². The standard InChI is InChI=1S/C14H18N2O4S/c1-2-12(17)15-8-3-9-16-14(20)21-11-6-4-10(5-7-11)13(18)19/h4-7H,2-3,8-9H2,1H3,(H,15,17)(H,16,20)(H,18,19). The molecule has 0 aliphatic rings. The highest BCUT2D eigenvalue weighted by Crippen LogP contribution is 2.18. The van der Waals surface area contributed by atoms with Crippen molar-refractivity contribution in [2.75, 3.05) is 13.1 Å².